The zero-order chi connectivity index (χ0) is 21.6. The van der Waals surface area contributed by atoms with E-state index in [2.05, 4.69) is 58.5 Å². The lowest BCUT2D eigenvalue weighted by atomic mass is 9.91. The predicted molar refractivity (Wildman–Crippen MR) is 120 cm³/mol. The van der Waals surface area contributed by atoms with E-state index in [-0.39, 0.29) is 11.3 Å². The fraction of sp³-hybridized carbons (Fsp3) is 0.583. The van der Waals surface area contributed by atoms with Gasteiger partial charge in [-0.15, -0.1) is 0 Å². The summed E-state index contributed by atoms with van der Waals surface area (Å²) in [5.74, 6) is 1.33. The molecule has 29 heavy (non-hydrogen) atoms. The van der Waals surface area contributed by atoms with E-state index in [9.17, 15) is 4.79 Å². The summed E-state index contributed by atoms with van der Waals surface area (Å²) in [6.45, 7) is 17.7. The molecule has 0 aliphatic heterocycles. The molecular formula is C24H37N3O2. The maximum atomic E-state index is 13.1. The van der Waals surface area contributed by atoms with Gasteiger partial charge in [0.1, 0.15) is 5.69 Å². The van der Waals surface area contributed by atoms with Gasteiger partial charge in [0.15, 0.2) is 0 Å². The minimum Gasteiger partial charge on any atom is -0.341 e. The number of aromatic nitrogens is 1. The first-order valence-corrected chi connectivity index (χ1v) is 10.7. The van der Waals surface area contributed by atoms with Gasteiger partial charge in [-0.2, -0.15) is 0 Å². The van der Waals surface area contributed by atoms with Gasteiger partial charge in [0.05, 0.1) is 12.1 Å². The van der Waals surface area contributed by atoms with Crippen LogP contribution < -0.4 is 4.90 Å². The van der Waals surface area contributed by atoms with Gasteiger partial charge in [-0.05, 0) is 25.2 Å². The van der Waals surface area contributed by atoms with Gasteiger partial charge in [0.2, 0.25) is 11.8 Å². The van der Waals surface area contributed by atoms with Crippen molar-refractivity contribution >= 4 is 11.8 Å². The molecule has 0 atom stereocenters. The normalized spacial score (nSPS) is 11.7. The van der Waals surface area contributed by atoms with Crippen LogP contribution in [0.2, 0.25) is 0 Å². The Labute approximate surface area is 176 Å². The molecule has 1 heterocycles. The largest absolute Gasteiger partial charge is 0.341 e. The van der Waals surface area contributed by atoms with Crippen LogP contribution in [0, 0.1) is 11.3 Å². The number of nitrogens with zero attached hydrogens (tertiary/aromatic N) is 3. The summed E-state index contributed by atoms with van der Waals surface area (Å²) in [5, 5.41) is 4.41. The highest BCUT2D eigenvalue weighted by atomic mass is 16.5. The van der Waals surface area contributed by atoms with Crippen LogP contribution in [0.1, 0.15) is 60.5 Å². The summed E-state index contributed by atoms with van der Waals surface area (Å²) < 4.78 is 5.82. The molecule has 0 aliphatic rings. The van der Waals surface area contributed by atoms with Crippen LogP contribution >= 0.6 is 0 Å². The van der Waals surface area contributed by atoms with E-state index < -0.39 is 0 Å². The molecule has 1 aromatic heterocycles. The van der Waals surface area contributed by atoms with Crippen molar-refractivity contribution < 1.29 is 9.32 Å². The Hall–Kier alpha value is -2.30. The third-order valence-electron chi connectivity index (χ3n) is 4.83. The van der Waals surface area contributed by atoms with E-state index in [1.54, 1.807) is 0 Å². The minimum absolute atomic E-state index is 0.0507. The second kappa shape index (κ2) is 9.95. The molecule has 0 fully saturated rings. The lowest BCUT2D eigenvalue weighted by Crippen LogP contribution is -2.36. The highest BCUT2D eigenvalue weighted by molar-refractivity contribution is 5.78. The SMILES string of the molecule is CCN(CC)c1onc(-c2ccccc2)c1CN(CC(C)C)C(=O)CC(C)(C)C. The Morgan fingerprint density at radius 2 is 1.72 bits per heavy atom. The van der Waals surface area contributed by atoms with Gasteiger partial charge < -0.3 is 14.3 Å². The molecule has 2 aromatic rings. The predicted octanol–water partition coefficient (Wildman–Crippen LogP) is 5.61. The second-order valence-electron chi connectivity index (χ2n) is 9.26. The Morgan fingerprint density at radius 1 is 1.10 bits per heavy atom. The number of amides is 1. The van der Waals surface area contributed by atoms with E-state index in [4.69, 9.17) is 4.52 Å². The van der Waals surface area contributed by atoms with E-state index in [0.717, 1.165) is 35.8 Å². The first-order valence-electron chi connectivity index (χ1n) is 10.7. The van der Waals surface area contributed by atoms with E-state index in [1.807, 2.05) is 35.2 Å². The molecule has 0 saturated carbocycles. The third kappa shape index (κ3) is 6.34. The molecule has 0 unspecified atom stereocenters. The first kappa shape index (κ1) is 23.0. The van der Waals surface area contributed by atoms with Gasteiger partial charge in [-0.1, -0.05) is 70.1 Å². The van der Waals surface area contributed by atoms with Crippen LogP contribution in [-0.2, 0) is 11.3 Å². The number of hydrogen-bond acceptors (Lipinski definition) is 4. The summed E-state index contributed by atoms with van der Waals surface area (Å²) in [6, 6.07) is 10.1. The number of carbonyl (C=O) groups excluding carboxylic acids is 1. The Morgan fingerprint density at radius 3 is 2.24 bits per heavy atom. The lowest BCUT2D eigenvalue weighted by Gasteiger charge is -2.29. The zero-order valence-corrected chi connectivity index (χ0v) is 19.2. The summed E-state index contributed by atoms with van der Waals surface area (Å²) in [5.41, 5.74) is 2.77. The number of anilines is 1. The van der Waals surface area contributed by atoms with Crippen molar-refractivity contribution in [2.75, 3.05) is 24.5 Å². The van der Waals surface area contributed by atoms with Crippen molar-refractivity contribution in [2.45, 2.75) is 61.4 Å². The minimum atomic E-state index is -0.0507. The van der Waals surface area contributed by atoms with Gasteiger partial charge in [0.25, 0.3) is 0 Å². The maximum Gasteiger partial charge on any atom is 0.232 e. The molecule has 1 amide bonds. The average molecular weight is 400 g/mol. The molecule has 0 spiro atoms. The van der Waals surface area contributed by atoms with Crippen molar-refractivity contribution in [3.63, 3.8) is 0 Å². The highest BCUT2D eigenvalue weighted by Gasteiger charge is 2.27. The molecule has 160 valence electrons. The van der Waals surface area contributed by atoms with Crippen molar-refractivity contribution in [3.8, 4) is 11.3 Å². The van der Waals surface area contributed by atoms with Crippen LogP contribution in [0.3, 0.4) is 0 Å². The fourth-order valence-electron chi connectivity index (χ4n) is 3.48. The molecule has 1 aromatic carbocycles. The molecule has 0 saturated heterocycles. The van der Waals surface area contributed by atoms with E-state index >= 15 is 0 Å². The van der Waals surface area contributed by atoms with Crippen LogP contribution in [-0.4, -0.2) is 35.6 Å². The number of benzene rings is 1. The van der Waals surface area contributed by atoms with Gasteiger partial charge in [-0.25, -0.2) is 0 Å². The van der Waals surface area contributed by atoms with Crippen LogP contribution in [0.15, 0.2) is 34.9 Å². The smallest absolute Gasteiger partial charge is 0.232 e. The summed E-state index contributed by atoms with van der Waals surface area (Å²) in [6.07, 6.45) is 0.520. The molecular weight excluding hydrogens is 362 g/mol. The standard InChI is InChI=1S/C24H37N3O2/c1-8-26(9-2)23-20(22(25-29-23)19-13-11-10-12-14-19)17-27(16-18(3)4)21(28)15-24(5,6)7/h10-14,18H,8-9,15-17H2,1-7H3. The van der Waals surface area contributed by atoms with Crippen LogP contribution in [0.25, 0.3) is 11.3 Å². The zero-order valence-electron chi connectivity index (χ0n) is 19.2. The van der Waals surface area contributed by atoms with Crippen molar-refractivity contribution in [1.82, 2.24) is 10.1 Å². The first-order chi connectivity index (χ1) is 13.7. The lowest BCUT2D eigenvalue weighted by molar-refractivity contribution is -0.134. The topological polar surface area (TPSA) is 49.6 Å². The molecule has 2 rings (SSSR count). The summed E-state index contributed by atoms with van der Waals surface area (Å²) in [7, 11) is 0. The number of rotatable bonds is 9. The number of hydrogen-bond donors (Lipinski definition) is 0. The average Bonchev–Trinajstić information content (AvgIpc) is 3.05. The van der Waals surface area contributed by atoms with E-state index in [1.165, 1.54) is 0 Å². The van der Waals surface area contributed by atoms with Gasteiger partial charge in [0, 0.05) is 31.6 Å². The fourth-order valence-corrected chi connectivity index (χ4v) is 3.48. The molecule has 5 nitrogen and oxygen atoms in total. The summed E-state index contributed by atoms with van der Waals surface area (Å²) in [4.78, 5) is 17.3. The van der Waals surface area contributed by atoms with Gasteiger partial charge >= 0.3 is 0 Å². The molecule has 0 bridgehead atoms. The quantitative estimate of drug-likeness (QED) is 0.550. The monoisotopic (exact) mass is 399 g/mol. The van der Waals surface area contributed by atoms with E-state index in [0.29, 0.717) is 25.4 Å². The number of carbonyl (C=O) groups is 1. The van der Waals surface area contributed by atoms with Crippen LogP contribution in [0.4, 0.5) is 5.88 Å². The Balaban J connectivity index is 2.47. The highest BCUT2D eigenvalue weighted by Crippen LogP contribution is 2.33. The molecule has 0 N–H and O–H groups in total. The van der Waals surface area contributed by atoms with Crippen LogP contribution in [0.5, 0.6) is 0 Å². The molecule has 5 heteroatoms. The van der Waals surface area contributed by atoms with Gasteiger partial charge in [-0.3, -0.25) is 4.79 Å². The Kier molecular flexibility index (Phi) is 7.88. The maximum absolute atomic E-state index is 13.1. The molecule has 0 radical (unpaired) electrons. The summed E-state index contributed by atoms with van der Waals surface area (Å²) >= 11 is 0. The third-order valence-corrected chi connectivity index (χ3v) is 4.83. The Bertz CT molecular complexity index is 771. The van der Waals surface area contributed by atoms with Crippen molar-refractivity contribution in [3.05, 3.63) is 35.9 Å². The molecule has 0 aliphatic carbocycles. The van der Waals surface area contributed by atoms with Crippen molar-refractivity contribution in [2.24, 2.45) is 11.3 Å². The van der Waals surface area contributed by atoms with Crippen molar-refractivity contribution in [1.29, 1.82) is 0 Å². The second-order valence-corrected chi connectivity index (χ2v) is 9.26.